The Hall–Kier alpha value is -3.15. The highest BCUT2D eigenvalue weighted by Crippen LogP contribution is 2.28. The van der Waals surface area contributed by atoms with Gasteiger partial charge in [0.25, 0.3) is 5.91 Å². The van der Waals surface area contributed by atoms with Crippen molar-refractivity contribution in [3.05, 3.63) is 65.2 Å². The number of carbonyl (C=O) groups is 3. The van der Waals surface area contributed by atoms with Crippen LogP contribution in [0.4, 0.5) is 5.69 Å². The van der Waals surface area contributed by atoms with E-state index < -0.39 is 24.4 Å². The summed E-state index contributed by atoms with van der Waals surface area (Å²) in [4.78, 5) is 38.8. The number of ether oxygens (including phenoxy) is 1. The summed E-state index contributed by atoms with van der Waals surface area (Å²) < 4.78 is 5.34. The van der Waals surface area contributed by atoms with Gasteiger partial charge in [-0.25, -0.2) is 0 Å². The molecule has 1 N–H and O–H groups in total. The minimum absolute atomic E-state index is 0.0749. The minimum Gasteiger partial charge on any atom is -0.455 e. The van der Waals surface area contributed by atoms with Crippen LogP contribution in [-0.2, 0) is 19.1 Å². The van der Waals surface area contributed by atoms with Crippen molar-refractivity contribution in [1.82, 2.24) is 4.90 Å². The number of amides is 2. The number of hydrogen-bond donors (Lipinski definition) is 1. The molecule has 0 aliphatic heterocycles. The van der Waals surface area contributed by atoms with Crippen LogP contribution in [0.2, 0.25) is 0 Å². The number of nitrogens with zero attached hydrogens (tertiary/aromatic N) is 1. The van der Waals surface area contributed by atoms with Crippen LogP contribution >= 0.6 is 0 Å². The maximum atomic E-state index is 12.7. The van der Waals surface area contributed by atoms with E-state index >= 15 is 0 Å². The molecule has 2 rings (SSSR count). The smallest absolute Gasteiger partial charge is 0.314 e. The predicted molar refractivity (Wildman–Crippen MR) is 122 cm³/mol. The van der Waals surface area contributed by atoms with Gasteiger partial charge in [-0.2, -0.15) is 0 Å². The first kappa shape index (κ1) is 24.1. The van der Waals surface area contributed by atoms with E-state index in [1.54, 1.807) is 0 Å². The van der Waals surface area contributed by atoms with Crippen molar-refractivity contribution in [1.29, 1.82) is 0 Å². The molecule has 31 heavy (non-hydrogen) atoms. The lowest BCUT2D eigenvalue weighted by Crippen LogP contribution is -2.38. The van der Waals surface area contributed by atoms with Gasteiger partial charge in [0, 0.05) is 12.7 Å². The number of nitrogens with one attached hydrogen (secondary N) is 1. The second-order valence-corrected chi connectivity index (χ2v) is 7.95. The quantitative estimate of drug-likeness (QED) is 0.616. The van der Waals surface area contributed by atoms with Crippen LogP contribution in [-0.4, -0.2) is 42.9 Å². The van der Waals surface area contributed by atoms with E-state index in [1.807, 2.05) is 76.2 Å². The third kappa shape index (κ3) is 6.67. The van der Waals surface area contributed by atoms with Crippen LogP contribution in [0.3, 0.4) is 0 Å². The Balaban J connectivity index is 1.93. The van der Waals surface area contributed by atoms with E-state index in [4.69, 9.17) is 4.74 Å². The summed E-state index contributed by atoms with van der Waals surface area (Å²) in [5.41, 5.74) is 3.52. The molecule has 6 nitrogen and oxygen atoms in total. The Kier molecular flexibility index (Phi) is 8.79. The lowest BCUT2D eigenvalue weighted by molar-refractivity contribution is -0.154. The summed E-state index contributed by atoms with van der Waals surface area (Å²) in [6.07, 6.45) is 0.807. The third-order valence-corrected chi connectivity index (χ3v) is 5.52. The molecule has 2 atom stereocenters. The van der Waals surface area contributed by atoms with Crippen molar-refractivity contribution >= 4 is 23.5 Å². The number of esters is 1. The van der Waals surface area contributed by atoms with Crippen molar-refractivity contribution < 1.29 is 19.1 Å². The van der Waals surface area contributed by atoms with Gasteiger partial charge < -0.3 is 15.0 Å². The summed E-state index contributed by atoms with van der Waals surface area (Å²) in [7, 11) is 1.52. The van der Waals surface area contributed by atoms with Gasteiger partial charge in [-0.05, 0) is 36.5 Å². The Morgan fingerprint density at radius 3 is 2.19 bits per heavy atom. The molecule has 0 fully saturated rings. The van der Waals surface area contributed by atoms with Crippen molar-refractivity contribution in [2.24, 2.45) is 5.92 Å². The Labute approximate surface area is 184 Å². The Morgan fingerprint density at radius 2 is 1.61 bits per heavy atom. The molecule has 6 heteroatoms. The van der Waals surface area contributed by atoms with Crippen LogP contribution in [0.25, 0.3) is 0 Å². The fourth-order valence-corrected chi connectivity index (χ4v) is 3.42. The average Bonchev–Trinajstić information content (AvgIpc) is 2.75. The van der Waals surface area contributed by atoms with Crippen molar-refractivity contribution in [2.75, 3.05) is 25.5 Å². The maximum Gasteiger partial charge on any atom is 0.314 e. The topological polar surface area (TPSA) is 75.7 Å². The van der Waals surface area contributed by atoms with Crippen molar-refractivity contribution in [2.45, 2.75) is 40.0 Å². The van der Waals surface area contributed by atoms with Gasteiger partial charge in [0.05, 0.1) is 12.5 Å². The highest BCUT2D eigenvalue weighted by atomic mass is 16.5. The molecule has 166 valence electrons. The Bertz CT molecular complexity index is 891. The lowest BCUT2D eigenvalue weighted by atomic mass is 9.86. The van der Waals surface area contributed by atoms with Crippen LogP contribution in [0.15, 0.2) is 48.5 Å². The number of likely N-dealkylation sites (N-methyl/N-ethyl adjacent to an activating group) is 1. The van der Waals surface area contributed by atoms with E-state index in [2.05, 4.69) is 5.32 Å². The lowest BCUT2D eigenvalue weighted by Gasteiger charge is -2.23. The van der Waals surface area contributed by atoms with E-state index in [0.717, 1.165) is 28.8 Å². The normalized spacial score (nSPS) is 12.5. The first-order valence-electron chi connectivity index (χ1n) is 10.6. The molecular formula is C25H32N2O4. The molecule has 0 radical (unpaired) electrons. The van der Waals surface area contributed by atoms with E-state index in [9.17, 15) is 14.4 Å². The third-order valence-electron chi connectivity index (χ3n) is 5.52. The zero-order valence-electron chi connectivity index (χ0n) is 19.0. The predicted octanol–water partition coefficient (Wildman–Crippen LogP) is 4.07. The van der Waals surface area contributed by atoms with E-state index in [-0.39, 0.29) is 18.4 Å². The number of carbonyl (C=O) groups excluding carboxylic acids is 3. The SMILES string of the molecule is CC[C@@H](C)[C@@H](C(=O)OCC(=O)N(C)CC(=O)Nc1c(C)cccc1C)c1ccccc1. The second-order valence-electron chi connectivity index (χ2n) is 7.95. The highest BCUT2D eigenvalue weighted by Gasteiger charge is 2.28. The molecule has 2 aromatic rings. The fourth-order valence-electron chi connectivity index (χ4n) is 3.42. The van der Waals surface area contributed by atoms with Crippen LogP contribution in [0, 0.1) is 19.8 Å². The summed E-state index contributed by atoms with van der Waals surface area (Å²) >= 11 is 0. The molecule has 0 saturated carbocycles. The highest BCUT2D eigenvalue weighted by molar-refractivity contribution is 5.96. The molecule has 2 amide bonds. The molecule has 0 spiro atoms. The molecule has 0 aliphatic carbocycles. The first-order valence-corrected chi connectivity index (χ1v) is 10.6. The van der Waals surface area contributed by atoms with Crippen LogP contribution in [0.5, 0.6) is 0 Å². The Morgan fingerprint density at radius 1 is 1.00 bits per heavy atom. The summed E-state index contributed by atoms with van der Waals surface area (Å²) in [5, 5.41) is 2.85. The maximum absolute atomic E-state index is 12.7. The minimum atomic E-state index is -0.434. The summed E-state index contributed by atoms with van der Waals surface area (Å²) in [6, 6.07) is 15.2. The van der Waals surface area contributed by atoms with E-state index in [1.165, 1.54) is 11.9 Å². The number of benzene rings is 2. The molecule has 0 aromatic heterocycles. The first-order chi connectivity index (χ1) is 14.7. The standard InChI is InChI=1S/C25H32N2O4/c1-6-17(2)23(20-13-8-7-9-14-20)25(30)31-16-22(29)27(5)15-21(28)26-24-18(3)11-10-12-19(24)4/h7-14,17,23H,6,15-16H2,1-5H3,(H,26,28)/t17-,23-/m1/s1. The molecule has 0 heterocycles. The number of aryl methyl sites for hydroxylation is 2. The zero-order chi connectivity index (χ0) is 23.0. The summed E-state index contributed by atoms with van der Waals surface area (Å²) in [5.74, 6) is -1.52. The molecule has 0 aliphatic rings. The van der Waals surface area contributed by atoms with E-state index in [0.29, 0.717) is 0 Å². The van der Waals surface area contributed by atoms with Gasteiger partial charge in [0.1, 0.15) is 0 Å². The van der Waals surface area contributed by atoms with Crippen molar-refractivity contribution in [3.63, 3.8) is 0 Å². The largest absolute Gasteiger partial charge is 0.455 e. The van der Waals surface area contributed by atoms with Gasteiger partial charge in [0.2, 0.25) is 5.91 Å². The number of rotatable bonds is 9. The van der Waals surface area contributed by atoms with Crippen LogP contribution < -0.4 is 5.32 Å². The monoisotopic (exact) mass is 424 g/mol. The zero-order valence-corrected chi connectivity index (χ0v) is 19.0. The number of hydrogen-bond acceptors (Lipinski definition) is 4. The molecule has 0 saturated heterocycles. The molecular weight excluding hydrogens is 392 g/mol. The molecule has 2 aromatic carbocycles. The van der Waals surface area contributed by atoms with Crippen molar-refractivity contribution in [3.8, 4) is 0 Å². The average molecular weight is 425 g/mol. The number of para-hydroxylation sites is 1. The van der Waals surface area contributed by atoms with Gasteiger partial charge in [-0.15, -0.1) is 0 Å². The summed E-state index contributed by atoms with van der Waals surface area (Å²) in [6.45, 7) is 7.31. The van der Waals surface area contributed by atoms with Gasteiger partial charge in [-0.3, -0.25) is 14.4 Å². The second kappa shape index (κ2) is 11.3. The molecule has 0 unspecified atom stereocenters. The van der Waals surface area contributed by atoms with Gasteiger partial charge >= 0.3 is 5.97 Å². The fraction of sp³-hybridized carbons (Fsp3) is 0.400. The van der Waals surface area contributed by atoms with Crippen LogP contribution in [0.1, 0.15) is 42.9 Å². The van der Waals surface area contributed by atoms with Gasteiger partial charge in [0.15, 0.2) is 6.61 Å². The van der Waals surface area contributed by atoms with Gasteiger partial charge in [-0.1, -0.05) is 68.8 Å². The number of anilines is 1. The molecule has 0 bridgehead atoms.